The monoisotopic (exact) mass is 397 g/mol. The minimum Gasteiger partial charge on any atom is -0.489 e. The van der Waals surface area contributed by atoms with Crippen LogP contribution in [0.15, 0.2) is 30.3 Å². The summed E-state index contributed by atoms with van der Waals surface area (Å²) >= 11 is 0. The molecule has 1 aliphatic carbocycles. The number of nitrogens with zero attached hydrogens (tertiary/aromatic N) is 2. The Hall–Kier alpha value is -2.34. The molecular formula is C23H31N3O3. The van der Waals surface area contributed by atoms with Crippen LogP contribution in [-0.4, -0.2) is 35.0 Å². The van der Waals surface area contributed by atoms with Crippen LogP contribution in [0.5, 0.6) is 5.75 Å². The predicted molar refractivity (Wildman–Crippen MR) is 113 cm³/mol. The largest absolute Gasteiger partial charge is 0.489 e. The second kappa shape index (κ2) is 8.19. The molecule has 1 saturated heterocycles. The Morgan fingerprint density at radius 2 is 2.03 bits per heavy atom. The molecule has 1 amide bonds. The fraction of sp³-hybridized carbons (Fsp3) is 0.565. The molecule has 4 rings (SSSR count). The van der Waals surface area contributed by atoms with Gasteiger partial charge in [0.25, 0.3) is 5.91 Å². The summed E-state index contributed by atoms with van der Waals surface area (Å²) in [4.78, 5) is 12.9. The number of benzene rings is 1. The van der Waals surface area contributed by atoms with E-state index >= 15 is 0 Å². The van der Waals surface area contributed by atoms with Gasteiger partial charge in [-0.25, -0.2) is 0 Å². The van der Waals surface area contributed by atoms with Crippen LogP contribution >= 0.6 is 0 Å². The molecule has 1 aromatic heterocycles. The Labute approximate surface area is 172 Å². The van der Waals surface area contributed by atoms with Gasteiger partial charge < -0.3 is 14.8 Å². The van der Waals surface area contributed by atoms with Gasteiger partial charge in [0.05, 0.1) is 17.3 Å². The van der Waals surface area contributed by atoms with Crippen LogP contribution in [0.2, 0.25) is 0 Å². The van der Waals surface area contributed by atoms with Crippen molar-refractivity contribution in [1.29, 1.82) is 0 Å². The maximum absolute atomic E-state index is 12.9. The van der Waals surface area contributed by atoms with Crippen molar-refractivity contribution in [3.05, 3.63) is 41.7 Å². The van der Waals surface area contributed by atoms with Crippen LogP contribution in [0, 0.1) is 0 Å². The van der Waals surface area contributed by atoms with E-state index < -0.39 is 0 Å². The Morgan fingerprint density at radius 1 is 1.24 bits per heavy atom. The van der Waals surface area contributed by atoms with Gasteiger partial charge in [-0.2, -0.15) is 5.10 Å². The summed E-state index contributed by atoms with van der Waals surface area (Å²) in [6.07, 6.45) is 5.77. The molecule has 2 aliphatic rings. The summed E-state index contributed by atoms with van der Waals surface area (Å²) in [5, 5.41) is 7.62. The maximum Gasteiger partial charge on any atom is 0.276 e. The van der Waals surface area contributed by atoms with E-state index in [9.17, 15) is 4.79 Å². The van der Waals surface area contributed by atoms with E-state index in [0.717, 1.165) is 25.1 Å². The van der Waals surface area contributed by atoms with Crippen LogP contribution < -0.4 is 10.1 Å². The minimum absolute atomic E-state index is 0.121. The SMILES string of the molecule is CC(C)(C)n1nc(C(=O)Nc2ccccc2OCC2CCCCO2)cc1C1CC1. The van der Waals surface area contributed by atoms with Crippen molar-refractivity contribution in [3.63, 3.8) is 0 Å². The number of hydrogen-bond donors (Lipinski definition) is 1. The molecule has 0 bridgehead atoms. The average molecular weight is 398 g/mol. The molecular weight excluding hydrogens is 366 g/mol. The van der Waals surface area contributed by atoms with Gasteiger partial charge >= 0.3 is 0 Å². The van der Waals surface area contributed by atoms with E-state index in [1.807, 2.05) is 35.0 Å². The van der Waals surface area contributed by atoms with Crippen LogP contribution in [-0.2, 0) is 10.3 Å². The van der Waals surface area contributed by atoms with Crippen LogP contribution in [0.4, 0.5) is 5.69 Å². The molecule has 1 N–H and O–H groups in total. The number of carbonyl (C=O) groups excluding carboxylic acids is 1. The summed E-state index contributed by atoms with van der Waals surface area (Å²) < 4.78 is 13.7. The van der Waals surface area contributed by atoms with E-state index in [0.29, 0.717) is 29.7 Å². The summed E-state index contributed by atoms with van der Waals surface area (Å²) in [6.45, 7) is 7.64. The first-order valence-corrected chi connectivity index (χ1v) is 10.7. The van der Waals surface area contributed by atoms with Crippen LogP contribution in [0.25, 0.3) is 0 Å². The van der Waals surface area contributed by atoms with Gasteiger partial charge in [-0.3, -0.25) is 9.48 Å². The first kappa shape index (κ1) is 20.0. The van der Waals surface area contributed by atoms with Crippen molar-refractivity contribution < 1.29 is 14.3 Å². The summed E-state index contributed by atoms with van der Waals surface area (Å²) in [5.74, 6) is 0.974. The molecule has 1 saturated carbocycles. The predicted octanol–water partition coefficient (Wildman–Crippen LogP) is 4.72. The Bertz CT molecular complexity index is 858. The molecule has 0 spiro atoms. The van der Waals surface area contributed by atoms with E-state index in [-0.39, 0.29) is 17.6 Å². The molecule has 1 atom stereocenters. The average Bonchev–Trinajstić information content (AvgIpc) is 3.44. The summed E-state index contributed by atoms with van der Waals surface area (Å²) in [7, 11) is 0. The van der Waals surface area contributed by atoms with Crippen molar-refractivity contribution in [2.24, 2.45) is 0 Å². The van der Waals surface area contributed by atoms with Gasteiger partial charge in [0.15, 0.2) is 5.69 Å². The lowest BCUT2D eigenvalue weighted by molar-refractivity contribution is -0.0109. The van der Waals surface area contributed by atoms with E-state index in [1.54, 1.807) is 0 Å². The fourth-order valence-corrected chi connectivity index (χ4v) is 3.72. The third kappa shape index (κ3) is 4.81. The molecule has 2 heterocycles. The lowest BCUT2D eigenvalue weighted by Crippen LogP contribution is -2.26. The van der Waals surface area contributed by atoms with Crippen molar-refractivity contribution in [2.75, 3.05) is 18.5 Å². The Kier molecular flexibility index (Phi) is 5.63. The van der Waals surface area contributed by atoms with Gasteiger partial charge in [0.1, 0.15) is 12.4 Å². The molecule has 1 aliphatic heterocycles. The lowest BCUT2D eigenvalue weighted by Gasteiger charge is -2.23. The standard InChI is InChI=1S/C23H31N3O3/c1-23(2,3)26-20(16-11-12-16)14-19(25-26)22(27)24-18-9-4-5-10-21(18)29-15-17-8-6-7-13-28-17/h4-5,9-10,14,16-17H,6-8,11-13,15H2,1-3H3,(H,24,27). The van der Waals surface area contributed by atoms with Crippen molar-refractivity contribution in [1.82, 2.24) is 9.78 Å². The second-order valence-corrected chi connectivity index (χ2v) is 9.06. The topological polar surface area (TPSA) is 65.4 Å². The zero-order valence-corrected chi connectivity index (χ0v) is 17.6. The third-order valence-electron chi connectivity index (χ3n) is 5.43. The highest BCUT2D eigenvalue weighted by molar-refractivity contribution is 6.03. The Morgan fingerprint density at radius 3 is 2.72 bits per heavy atom. The highest BCUT2D eigenvalue weighted by Crippen LogP contribution is 2.41. The molecule has 0 radical (unpaired) electrons. The highest BCUT2D eigenvalue weighted by Gasteiger charge is 2.32. The zero-order chi connectivity index (χ0) is 20.4. The smallest absolute Gasteiger partial charge is 0.276 e. The minimum atomic E-state index is -0.208. The van der Waals surface area contributed by atoms with Crippen molar-refractivity contribution in [3.8, 4) is 5.75 Å². The van der Waals surface area contributed by atoms with Gasteiger partial charge in [0.2, 0.25) is 0 Å². The number of amides is 1. The normalized spacial score (nSPS) is 19.8. The van der Waals surface area contributed by atoms with E-state index in [1.165, 1.54) is 19.3 Å². The molecule has 29 heavy (non-hydrogen) atoms. The fourth-order valence-electron chi connectivity index (χ4n) is 3.72. The molecule has 1 unspecified atom stereocenters. The number of aromatic nitrogens is 2. The summed E-state index contributed by atoms with van der Waals surface area (Å²) in [5.41, 5.74) is 2.11. The number of rotatable bonds is 6. The number of nitrogens with one attached hydrogen (secondary N) is 1. The molecule has 2 fully saturated rings. The van der Waals surface area contributed by atoms with Gasteiger partial charge in [0, 0.05) is 18.2 Å². The van der Waals surface area contributed by atoms with Gasteiger partial charge in [-0.1, -0.05) is 12.1 Å². The lowest BCUT2D eigenvalue weighted by atomic mass is 10.1. The number of ether oxygens (including phenoxy) is 2. The van der Waals surface area contributed by atoms with Gasteiger partial charge in [-0.15, -0.1) is 0 Å². The van der Waals surface area contributed by atoms with E-state index in [4.69, 9.17) is 9.47 Å². The molecule has 1 aromatic carbocycles. The van der Waals surface area contributed by atoms with Crippen molar-refractivity contribution in [2.45, 2.75) is 70.4 Å². The Balaban J connectivity index is 1.47. The number of carbonyl (C=O) groups is 1. The molecule has 6 heteroatoms. The first-order chi connectivity index (χ1) is 13.9. The number of para-hydroxylation sites is 2. The first-order valence-electron chi connectivity index (χ1n) is 10.7. The second-order valence-electron chi connectivity index (χ2n) is 9.06. The van der Waals surface area contributed by atoms with Crippen LogP contribution in [0.3, 0.4) is 0 Å². The maximum atomic E-state index is 12.9. The third-order valence-corrected chi connectivity index (χ3v) is 5.43. The summed E-state index contributed by atoms with van der Waals surface area (Å²) in [6, 6.07) is 9.48. The quantitative estimate of drug-likeness (QED) is 0.766. The molecule has 2 aromatic rings. The number of anilines is 1. The van der Waals surface area contributed by atoms with E-state index in [2.05, 4.69) is 31.2 Å². The molecule has 6 nitrogen and oxygen atoms in total. The number of hydrogen-bond acceptors (Lipinski definition) is 4. The highest BCUT2D eigenvalue weighted by atomic mass is 16.5. The van der Waals surface area contributed by atoms with Crippen LogP contribution in [0.1, 0.15) is 75.0 Å². The zero-order valence-electron chi connectivity index (χ0n) is 17.6. The van der Waals surface area contributed by atoms with Crippen molar-refractivity contribution >= 4 is 11.6 Å². The van der Waals surface area contributed by atoms with Gasteiger partial charge in [-0.05, 0) is 71.1 Å². The molecule has 156 valence electrons.